The van der Waals surface area contributed by atoms with Crippen LogP contribution in [0.25, 0.3) is 0 Å². The van der Waals surface area contributed by atoms with E-state index in [2.05, 4.69) is 36.1 Å². The Kier molecular flexibility index (Phi) is 4.79. The number of morpholine rings is 1. The molecule has 0 spiro atoms. The molecule has 100 valence electrons. The number of hydrogen-bond donors (Lipinski definition) is 1. The number of ether oxygens (including phenoxy) is 1. The van der Waals surface area contributed by atoms with Crippen LogP contribution in [0.5, 0.6) is 0 Å². The van der Waals surface area contributed by atoms with Crippen molar-refractivity contribution in [3.63, 3.8) is 0 Å². The summed E-state index contributed by atoms with van der Waals surface area (Å²) in [5.74, 6) is 0. The maximum Gasteiger partial charge on any atom is 0.0826 e. The quantitative estimate of drug-likeness (QED) is 0.728. The van der Waals surface area contributed by atoms with E-state index in [1.807, 2.05) is 0 Å². The molecule has 4 heteroatoms. The van der Waals surface area contributed by atoms with E-state index in [-0.39, 0.29) is 0 Å². The van der Waals surface area contributed by atoms with Gasteiger partial charge in [0, 0.05) is 38.3 Å². The van der Waals surface area contributed by atoms with Crippen molar-refractivity contribution in [2.45, 2.75) is 38.0 Å². The molecule has 1 heterocycles. The fraction of sp³-hybridized carbons (Fsp3) is 1.00. The summed E-state index contributed by atoms with van der Waals surface area (Å²) in [5.41, 5.74) is 0. The molecule has 1 saturated carbocycles. The Balaban J connectivity index is 1.58. The monoisotopic (exact) mass is 241 g/mol. The van der Waals surface area contributed by atoms with Crippen molar-refractivity contribution in [1.29, 1.82) is 0 Å². The van der Waals surface area contributed by atoms with Gasteiger partial charge >= 0.3 is 0 Å². The third kappa shape index (κ3) is 4.21. The first-order valence-electron chi connectivity index (χ1n) is 6.89. The average Bonchev–Trinajstić information content (AvgIpc) is 3.12. The number of likely N-dealkylation sites (N-methyl/N-ethyl adjacent to an activating group) is 2. The lowest BCUT2D eigenvalue weighted by atomic mass is 10.2. The Bertz CT molecular complexity index is 231. The lowest BCUT2D eigenvalue weighted by Gasteiger charge is -2.31. The van der Waals surface area contributed by atoms with Crippen molar-refractivity contribution in [2.24, 2.45) is 0 Å². The second-order valence-corrected chi connectivity index (χ2v) is 5.66. The third-order valence-electron chi connectivity index (χ3n) is 3.97. The van der Waals surface area contributed by atoms with Crippen molar-refractivity contribution < 1.29 is 4.74 Å². The Morgan fingerprint density at radius 2 is 2.24 bits per heavy atom. The lowest BCUT2D eigenvalue weighted by Crippen LogP contribution is -2.47. The van der Waals surface area contributed by atoms with E-state index in [9.17, 15) is 0 Å². The summed E-state index contributed by atoms with van der Waals surface area (Å²) < 4.78 is 5.73. The van der Waals surface area contributed by atoms with E-state index in [0.717, 1.165) is 38.8 Å². The summed E-state index contributed by atoms with van der Waals surface area (Å²) in [5, 5.41) is 3.55. The van der Waals surface area contributed by atoms with Gasteiger partial charge in [-0.25, -0.2) is 0 Å². The molecule has 2 aliphatic rings. The van der Waals surface area contributed by atoms with Gasteiger partial charge in [-0.2, -0.15) is 0 Å². The van der Waals surface area contributed by atoms with E-state index in [1.165, 1.54) is 12.8 Å². The molecule has 1 aliphatic heterocycles. The van der Waals surface area contributed by atoms with Crippen LogP contribution in [0.4, 0.5) is 0 Å². The van der Waals surface area contributed by atoms with Gasteiger partial charge in [0.1, 0.15) is 0 Å². The minimum atomic E-state index is 0.368. The fourth-order valence-electron chi connectivity index (χ4n) is 2.43. The molecular weight excluding hydrogens is 214 g/mol. The van der Waals surface area contributed by atoms with Crippen molar-refractivity contribution in [3.8, 4) is 0 Å². The van der Waals surface area contributed by atoms with Crippen LogP contribution in [0, 0.1) is 0 Å². The van der Waals surface area contributed by atoms with Crippen LogP contribution in [0.1, 0.15) is 19.8 Å². The molecule has 1 N–H and O–H groups in total. The number of nitrogens with zero attached hydrogens (tertiary/aromatic N) is 2. The van der Waals surface area contributed by atoms with Crippen LogP contribution in [-0.2, 0) is 4.74 Å². The highest BCUT2D eigenvalue weighted by Gasteiger charge is 2.29. The SMILES string of the molecule is CC(CNCC1CN(C)CCO1)N(C)C1CC1. The molecule has 0 amide bonds. The van der Waals surface area contributed by atoms with Crippen molar-refractivity contribution in [2.75, 3.05) is 46.9 Å². The van der Waals surface area contributed by atoms with Crippen LogP contribution in [0.15, 0.2) is 0 Å². The zero-order chi connectivity index (χ0) is 12.3. The van der Waals surface area contributed by atoms with E-state index >= 15 is 0 Å². The van der Waals surface area contributed by atoms with Gasteiger partial charge in [0.05, 0.1) is 12.7 Å². The number of nitrogens with one attached hydrogen (secondary N) is 1. The summed E-state index contributed by atoms with van der Waals surface area (Å²) in [4.78, 5) is 4.84. The highest BCUT2D eigenvalue weighted by Crippen LogP contribution is 2.26. The predicted molar refractivity (Wildman–Crippen MR) is 70.4 cm³/mol. The van der Waals surface area contributed by atoms with E-state index in [1.54, 1.807) is 0 Å². The molecule has 2 rings (SSSR count). The van der Waals surface area contributed by atoms with Crippen molar-refractivity contribution in [3.05, 3.63) is 0 Å². The summed E-state index contributed by atoms with van der Waals surface area (Å²) in [6.07, 6.45) is 3.14. The highest BCUT2D eigenvalue weighted by atomic mass is 16.5. The van der Waals surface area contributed by atoms with Gasteiger partial charge in [0.25, 0.3) is 0 Å². The Morgan fingerprint density at radius 3 is 2.88 bits per heavy atom. The summed E-state index contributed by atoms with van der Waals surface area (Å²) in [6.45, 7) is 7.35. The van der Waals surface area contributed by atoms with Crippen LogP contribution in [-0.4, -0.2) is 74.9 Å². The molecule has 4 nitrogen and oxygen atoms in total. The molecule has 2 fully saturated rings. The molecule has 0 bridgehead atoms. The average molecular weight is 241 g/mol. The summed E-state index contributed by atoms with van der Waals surface area (Å²) in [7, 11) is 4.41. The highest BCUT2D eigenvalue weighted by molar-refractivity contribution is 4.86. The number of hydrogen-bond acceptors (Lipinski definition) is 4. The second-order valence-electron chi connectivity index (χ2n) is 5.66. The Labute approximate surface area is 105 Å². The van der Waals surface area contributed by atoms with Crippen molar-refractivity contribution in [1.82, 2.24) is 15.1 Å². The predicted octanol–water partition coefficient (Wildman–Crippen LogP) is 0.389. The smallest absolute Gasteiger partial charge is 0.0826 e. The maximum absolute atomic E-state index is 5.73. The van der Waals surface area contributed by atoms with Gasteiger partial charge < -0.3 is 15.0 Å². The number of rotatable bonds is 6. The van der Waals surface area contributed by atoms with E-state index in [0.29, 0.717) is 12.1 Å². The molecule has 2 unspecified atom stereocenters. The van der Waals surface area contributed by atoms with Gasteiger partial charge in [-0.15, -0.1) is 0 Å². The first-order chi connectivity index (χ1) is 8.16. The standard InChI is InChI=1S/C13H27N3O/c1-11(16(3)12-4-5-12)8-14-9-13-10-15(2)6-7-17-13/h11-14H,4-10H2,1-3H3. The summed E-state index contributed by atoms with van der Waals surface area (Å²) >= 11 is 0. The Morgan fingerprint density at radius 1 is 1.47 bits per heavy atom. The first kappa shape index (κ1) is 13.3. The fourth-order valence-corrected chi connectivity index (χ4v) is 2.43. The molecular formula is C13H27N3O. The van der Waals surface area contributed by atoms with Gasteiger partial charge in [-0.3, -0.25) is 4.90 Å². The van der Waals surface area contributed by atoms with Gasteiger partial charge in [0.2, 0.25) is 0 Å². The van der Waals surface area contributed by atoms with E-state index < -0.39 is 0 Å². The van der Waals surface area contributed by atoms with Gasteiger partial charge in [-0.1, -0.05) is 0 Å². The Hall–Kier alpha value is -0.160. The molecule has 0 aromatic carbocycles. The third-order valence-corrected chi connectivity index (χ3v) is 3.97. The van der Waals surface area contributed by atoms with Crippen LogP contribution in [0.3, 0.4) is 0 Å². The van der Waals surface area contributed by atoms with Crippen LogP contribution < -0.4 is 5.32 Å². The largest absolute Gasteiger partial charge is 0.374 e. The second kappa shape index (κ2) is 6.14. The molecule has 0 radical (unpaired) electrons. The molecule has 2 atom stereocenters. The first-order valence-corrected chi connectivity index (χ1v) is 6.89. The lowest BCUT2D eigenvalue weighted by molar-refractivity contribution is -0.0185. The molecule has 0 aromatic rings. The minimum Gasteiger partial charge on any atom is -0.374 e. The molecule has 1 aliphatic carbocycles. The minimum absolute atomic E-state index is 0.368. The zero-order valence-corrected chi connectivity index (χ0v) is 11.5. The molecule has 17 heavy (non-hydrogen) atoms. The van der Waals surface area contributed by atoms with Crippen LogP contribution in [0.2, 0.25) is 0 Å². The van der Waals surface area contributed by atoms with Gasteiger partial charge in [0.15, 0.2) is 0 Å². The van der Waals surface area contributed by atoms with E-state index in [4.69, 9.17) is 4.74 Å². The normalized spacial score (nSPS) is 28.6. The topological polar surface area (TPSA) is 27.7 Å². The zero-order valence-electron chi connectivity index (χ0n) is 11.5. The molecule has 0 aromatic heterocycles. The van der Waals surface area contributed by atoms with Crippen molar-refractivity contribution >= 4 is 0 Å². The van der Waals surface area contributed by atoms with Crippen LogP contribution >= 0.6 is 0 Å². The van der Waals surface area contributed by atoms with Gasteiger partial charge in [-0.05, 0) is 33.9 Å². The molecule has 1 saturated heterocycles. The maximum atomic E-state index is 5.73. The summed E-state index contributed by atoms with van der Waals surface area (Å²) in [6, 6.07) is 1.48.